The highest BCUT2D eigenvalue weighted by Gasteiger charge is 1.75. The maximum atomic E-state index is 5.09. The summed E-state index contributed by atoms with van der Waals surface area (Å²) >= 11 is 0. The largest absolute Gasteiger partial charge is 0.162 e. The summed E-state index contributed by atoms with van der Waals surface area (Å²) in [5.74, 6) is 0. The Morgan fingerprint density at radius 2 is 1.33 bits per heavy atom. The molecule has 0 aromatic rings. The fourth-order valence-electron chi connectivity index (χ4n) is 0. The predicted octanol–water partition coefficient (Wildman–Crippen LogP) is 0.575. The summed E-state index contributed by atoms with van der Waals surface area (Å²) in [5.41, 5.74) is 0.981. The molecular weight excluding hydrogens is 69.7 g/mol. The molecule has 0 aliphatic heterocycles. The van der Waals surface area contributed by atoms with E-state index in [9.17, 15) is 0 Å². The van der Waals surface area contributed by atoms with Crippen LogP contribution >= 0.6 is 0 Å². The van der Waals surface area contributed by atoms with Crippen LogP contribution in [0.3, 0.4) is 0 Å². The van der Waals surface area contributed by atoms with Gasteiger partial charge in [0.05, 0.1) is 15.7 Å². The van der Waals surface area contributed by atoms with Crippen LogP contribution in [-0.2, 0) is 0 Å². The van der Waals surface area contributed by atoms with Crippen molar-refractivity contribution in [2.45, 2.75) is 13.8 Å². The van der Waals surface area contributed by atoms with Gasteiger partial charge in [-0.25, -0.2) is 0 Å². The average Bonchev–Trinajstić information content (AvgIpc) is 1.36. The van der Waals surface area contributed by atoms with Gasteiger partial charge in [0, 0.05) is 0 Å². The van der Waals surface area contributed by atoms with Gasteiger partial charge in [-0.3, -0.25) is 0 Å². The molecule has 0 saturated heterocycles. The zero-order valence-electron chi connectivity index (χ0n) is 4.15. The Bertz CT molecular complexity index is 55.6. The summed E-state index contributed by atoms with van der Waals surface area (Å²) in [6.45, 7) is 3.74. The molecule has 0 aromatic carbocycles. The number of rotatable bonds is 0. The predicted molar refractivity (Wildman–Crippen MR) is 29.9 cm³/mol. The second-order valence-corrected chi connectivity index (χ2v) is 1.46. The molecule has 0 nitrogen and oxygen atoms in total. The van der Waals surface area contributed by atoms with Gasteiger partial charge in [-0.1, -0.05) is 5.57 Å². The Morgan fingerprint density at radius 3 is 1.33 bits per heavy atom. The van der Waals surface area contributed by atoms with Gasteiger partial charge < -0.3 is 0 Å². The lowest BCUT2D eigenvalue weighted by Gasteiger charge is -1.88. The molecule has 2 heteroatoms. The van der Waals surface area contributed by atoms with Gasteiger partial charge in [-0.15, -0.1) is 0 Å². The molecule has 0 bridgehead atoms. The van der Waals surface area contributed by atoms with Gasteiger partial charge in [0.15, 0.2) is 0 Å². The summed E-state index contributed by atoms with van der Waals surface area (Å²) in [6.07, 6.45) is 0. The highest BCUT2D eigenvalue weighted by molar-refractivity contribution is 6.48. The molecule has 0 amide bonds. The topological polar surface area (TPSA) is 0 Å². The van der Waals surface area contributed by atoms with Crippen molar-refractivity contribution >= 4 is 15.7 Å². The van der Waals surface area contributed by atoms with Gasteiger partial charge in [0.1, 0.15) is 0 Å². The van der Waals surface area contributed by atoms with Crippen molar-refractivity contribution < 1.29 is 0 Å². The van der Waals surface area contributed by atoms with Gasteiger partial charge in [0.25, 0.3) is 0 Å². The van der Waals surface area contributed by atoms with E-state index in [0.717, 1.165) is 5.57 Å². The van der Waals surface area contributed by atoms with Crippen LogP contribution in [0.4, 0.5) is 0 Å². The van der Waals surface area contributed by atoms with E-state index in [-0.39, 0.29) is 0 Å². The van der Waals surface area contributed by atoms with Crippen molar-refractivity contribution in [2.75, 3.05) is 0 Å². The smallest absolute Gasteiger partial charge is 0.0922 e. The Balaban J connectivity index is 3.68. The van der Waals surface area contributed by atoms with Crippen molar-refractivity contribution in [3.05, 3.63) is 10.9 Å². The Kier molecular flexibility index (Phi) is 2.07. The van der Waals surface area contributed by atoms with E-state index >= 15 is 0 Å². The molecule has 0 heterocycles. The number of allylic oxidation sites excluding steroid dienone is 1. The Labute approximate surface area is 41.4 Å². The minimum absolute atomic E-state index is 0.426. The lowest BCUT2D eigenvalue weighted by atomic mass is 9.76. The van der Waals surface area contributed by atoms with Crippen LogP contribution in [0.1, 0.15) is 13.8 Å². The van der Waals surface area contributed by atoms with Crippen molar-refractivity contribution in [1.82, 2.24) is 0 Å². The van der Waals surface area contributed by atoms with E-state index in [4.69, 9.17) is 15.7 Å². The molecule has 0 N–H and O–H groups in total. The zero-order valence-corrected chi connectivity index (χ0v) is 4.15. The number of hydrogen-bond acceptors (Lipinski definition) is 0. The maximum absolute atomic E-state index is 5.09. The summed E-state index contributed by atoms with van der Waals surface area (Å²) in [5, 5.41) is 0.426. The second kappa shape index (κ2) is 2.12. The summed E-state index contributed by atoms with van der Waals surface area (Å²) in [6, 6.07) is 0. The van der Waals surface area contributed by atoms with Crippen molar-refractivity contribution in [2.24, 2.45) is 0 Å². The van der Waals surface area contributed by atoms with Crippen LogP contribution < -0.4 is 0 Å². The maximum Gasteiger partial charge on any atom is 0.0922 e. The molecule has 4 radical (unpaired) electrons. The summed E-state index contributed by atoms with van der Waals surface area (Å²) in [4.78, 5) is 0. The van der Waals surface area contributed by atoms with Gasteiger partial charge in [0.2, 0.25) is 0 Å². The quantitative estimate of drug-likeness (QED) is 0.370. The fraction of sp³-hybridized carbons (Fsp3) is 0.500. The standard InChI is InChI=1S/C4H6B2/c1-3(2)4(5)6/h1-2H3. The number of hydrogen-bond donors (Lipinski definition) is 0. The van der Waals surface area contributed by atoms with Crippen LogP contribution in [0.15, 0.2) is 10.9 Å². The van der Waals surface area contributed by atoms with E-state index in [1.165, 1.54) is 0 Å². The van der Waals surface area contributed by atoms with E-state index in [0.29, 0.717) is 5.37 Å². The molecule has 28 valence electrons. The van der Waals surface area contributed by atoms with Gasteiger partial charge in [-0.2, -0.15) is 5.37 Å². The first-order valence-corrected chi connectivity index (χ1v) is 1.83. The lowest BCUT2D eigenvalue weighted by molar-refractivity contribution is 1.40. The molecule has 0 atom stereocenters. The minimum Gasteiger partial charge on any atom is -0.162 e. The van der Waals surface area contributed by atoms with E-state index in [2.05, 4.69) is 0 Å². The molecule has 0 spiro atoms. The average molecular weight is 75.7 g/mol. The molecule has 0 aromatic heterocycles. The lowest BCUT2D eigenvalue weighted by Crippen LogP contribution is -1.80. The first-order chi connectivity index (χ1) is 2.64. The third kappa shape index (κ3) is 2.13. The van der Waals surface area contributed by atoms with Crippen LogP contribution in [-0.4, -0.2) is 15.7 Å². The van der Waals surface area contributed by atoms with Crippen LogP contribution in [0.2, 0.25) is 0 Å². The summed E-state index contributed by atoms with van der Waals surface area (Å²) in [7, 11) is 10.2. The molecule has 0 aliphatic rings. The Morgan fingerprint density at radius 1 is 1.17 bits per heavy atom. The van der Waals surface area contributed by atoms with Crippen molar-refractivity contribution in [1.29, 1.82) is 0 Å². The SMILES string of the molecule is [B]C([B])=C(C)C. The van der Waals surface area contributed by atoms with Crippen LogP contribution in [0, 0.1) is 0 Å². The highest BCUT2D eigenvalue weighted by Crippen LogP contribution is 1.89. The van der Waals surface area contributed by atoms with E-state index in [1.807, 2.05) is 13.8 Å². The first-order valence-electron chi connectivity index (χ1n) is 1.83. The second-order valence-electron chi connectivity index (χ2n) is 1.46. The molecule has 6 heavy (non-hydrogen) atoms. The Hall–Kier alpha value is -0.130. The normalized spacial score (nSPS) is 7.67. The molecule has 0 aliphatic carbocycles. The molecule has 0 unspecified atom stereocenters. The highest BCUT2D eigenvalue weighted by atomic mass is 13.7. The van der Waals surface area contributed by atoms with Crippen LogP contribution in [0.25, 0.3) is 0 Å². The van der Waals surface area contributed by atoms with E-state index in [1.54, 1.807) is 0 Å². The zero-order chi connectivity index (χ0) is 5.15. The first kappa shape index (κ1) is 5.87. The molecule has 0 saturated carbocycles. The third-order valence-electron chi connectivity index (χ3n) is 0.577. The van der Waals surface area contributed by atoms with Crippen molar-refractivity contribution in [3.63, 3.8) is 0 Å². The molecule has 0 rings (SSSR count). The third-order valence-corrected chi connectivity index (χ3v) is 0.577. The van der Waals surface area contributed by atoms with Crippen LogP contribution in [0.5, 0.6) is 0 Å². The van der Waals surface area contributed by atoms with E-state index < -0.39 is 0 Å². The van der Waals surface area contributed by atoms with Crippen molar-refractivity contribution in [3.8, 4) is 0 Å². The monoisotopic (exact) mass is 76.1 g/mol. The van der Waals surface area contributed by atoms with Gasteiger partial charge >= 0.3 is 0 Å². The van der Waals surface area contributed by atoms with Gasteiger partial charge in [-0.05, 0) is 13.8 Å². The summed E-state index contributed by atoms with van der Waals surface area (Å²) < 4.78 is 0. The molecule has 0 fully saturated rings. The fourth-order valence-corrected chi connectivity index (χ4v) is 0. The molecular formula is C4H6B2. The minimum atomic E-state index is 0.426.